The first-order chi connectivity index (χ1) is 16.6. The zero-order chi connectivity index (χ0) is 24.3. The van der Waals surface area contributed by atoms with E-state index in [1.807, 2.05) is 61.6 Å². The van der Waals surface area contributed by atoms with Crippen molar-refractivity contribution < 1.29 is 19.3 Å². The van der Waals surface area contributed by atoms with Gasteiger partial charge in [-0.3, -0.25) is 4.90 Å². The molecule has 1 atom stereocenters. The van der Waals surface area contributed by atoms with Crippen molar-refractivity contribution >= 4 is 0 Å². The molecule has 0 spiro atoms. The summed E-state index contributed by atoms with van der Waals surface area (Å²) in [6.07, 6.45) is 2.02. The molecule has 0 aliphatic heterocycles. The molecule has 0 saturated carbocycles. The quantitative estimate of drug-likeness (QED) is 0.276. The molecule has 0 amide bonds. The monoisotopic (exact) mass is 465 g/mol. The fourth-order valence-corrected chi connectivity index (χ4v) is 3.87. The van der Waals surface area contributed by atoms with Gasteiger partial charge >= 0.3 is 0 Å². The average molecular weight is 466 g/mol. The number of para-hydroxylation sites is 2. The smallest absolute Gasteiger partial charge is 0.222 e. The molecule has 3 aromatic rings. The van der Waals surface area contributed by atoms with E-state index in [0.29, 0.717) is 37.1 Å². The van der Waals surface area contributed by atoms with Crippen LogP contribution in [0.2, 0.25) is 0 Å². The summed E-state index contributed by atoms with van der Waals surface area (Å²) in [6.45, 7) is 8.31. The zero-order valence-electron chi connectivity index (χ0n) is 20.3. The Hall–Kier alpha value is -3.13. The number of aliphatic hydroxyl groups is 1. The summed E-state index contributed by atoms with van der Waals surface area (Å²) in [7, 11) is 3.50. The van der Waals surface area contributed by atoms with Gasteiger partial charge in [0.1, 0.15) is 5.69 Å². The minimum absolute atomic E-state index is 0.259. The zero-order valence-corrected chi connectivity index (χ0v) is 20.3. The standard InChI is InChI=1S/C27H35N3O4/c1-5-16-30(18-22(31)20-33-17-6-2)19-23-26(21-12-8-7-9-13-21)28-29(3)27(23)34-25-15-11-10-14-24(25)32-4/h6-15,22,31H,2,5,16-20H2,1,3-4H3/t22-/m0/s1. The molecule has 2 aromatic carbocycles. The first-order valence-electron chi connectivity index (χ1n) is 11.6. The minimum Gasteiger partial charge on any atom is -0.493 e. The summed E-state index contributed by atoms with van der Waals surface area (Å²) < 4.78 is 19.1. The molecule has 0 aliphatic rings. The van der Waals surface area contributed by atoms with Crippen molar-refractivity contribution in [3.05, 3.63) is 72.8 Å². The summed E-state index contributed by atoms with van der Waals surface area (Å²) in [4.78, 5) is 2.21. The lowest BCUT2D eigenvalue weighted by Crippen LogP contribution is -2.35. The summed E-state index contributed by atoms with van der Waals surface area (Å²) in [5, 5.41) is 15.4. The molecule has 0 bridgehead atoms. The van der Waals surface area contributed by atoms with Crippen LogP contribution in [0, 0.1) is 0 Å². The van der Waals surface area contributed by atoms with E-state index in [0.717, 1.165) is 29.8 Å². The van der Waals surface area contributed by atoms with Crippen LogP contribution in [-0.2, 0) is 18.3 Å². The van der Waals surface area contributed by atoms with E-state index in [2.05, 4.69) is 18.4 Å². The molecule has 7 heteroatoms. The van der Waals surface area contributed by atoms with Crippen LogP contribution in [0.5, 0.6) is 17.4 Å². The highest BCUT2D eigenvalue weighted by Gasteiger charge is 2.24. The Balaban J connectivity index is 1.95. The van der Waals surface area contributed by atoms with Gasteiger partial charge in [-0.2, -0.15) is 5.10 Å². The van der Waals surface area contributed by atoms with Crippen LogP contribution in [0.4, 0.5) is 0 Å². The molecular formula is C27H35N3O4. The van der Waals surface area contributed by atoms with E-state index in [1.54, 1.807) is 17.9 Å². The third-order valence-electron chi connectivity index (χ3n) is 5.35. The lowest BCUT2D eigenvalue weighted by molar-refractivity contribution is 0.0245. The largest absolute Gasteiger partial charge is 0.493 e. The molecule has 0 fully saturated rings. The average Bonchev–Trinajstić information content (AvgIpc) is 3.15. The van der Waals surface area contributed by atoms with Crippen molar-refractivity contribution in [1.29, 1.82) is 0 Å². The van der Waals surface area contributed by atoms with Crippen molar-refractivity contribution in [2.75, 3.05) is 33.4 Å². The molecule has 182 valence electrons. The van der Waals surface area contributed by atoms with Crippen LogP contribution in [-0.4, -0.2) is 59.3 Å². The number of benzene rings is 2. The molecular weight excluding hydrogens is 430 g/mol. The van der Waals surface area contributed by atoms with Gasteiger partial charge in [-0.25, -0.2) is 4.68 Å². The number of aryl methyl sites for hydroxylation is 1. The Labute approximate surface area is 202 Å². The predicted molar refractivity (Wildman–Crippen MR) is 134 cm³/mol. The molecule has 7 nitrogen and oxygen atoms in total. The first kappa shape index (κ1) is 25.5. The molecule has 1 aromatic heterocycles. The van der Waals surface area contributed by atoms with Gasteiger partial charge in [0.25, 0.3) is 0 Å². The number of ether oxygens (including phenoxy) is 3. The van der Waals surface area contributed by atoms with Crippen LogP contribution in [0.25, 0.3) is 11.3 Å². The van der Waals surface area contributed by atoms with Crippen molar-refractivity contribution in [3.8, 4) is 28.6 Å². The number of methoxy groups -OCH3 is 1. The number of hydrogen-bond acceptors (Lipinski definition) is 6. The van der Waals surface area contributed by atoms with E-state index in [1.165, 1.54) is 0 Å². The molecule has 0 unspecified atom stereocenters. The number of nitrogens with zero attached hydrogens (tertiary/aromatic N) is 3. The van der Waals surface area contributed by atoms with E-state index in [9.17, 15) is 5.11 Å². The van der Waals surface area contributed by atoms with Gasteiger partial charge in [-0.1, -0.05) is 55.5 Å². The van der Waals surface area contributed by atoms with Crippen molar-refractivity contribution in [2.24, 2.45) is 7.05 Å². The fraction of sp³-hybridized carbons (Fsp3) is 0.370. The molecule has 0 aliphatic carbocycles. The topological polar surface area (TPSA) is 69.0 Å². The molecule has 1 heterocycles. The van der Waals surface area contributed by atoms with Gasteiger partial charge < -0.3 is 19.3 Å². The second-order valence-electron chi connectivity index (χ2n) is 8.09. The highest BCUT2D eigenvalue weighted by Crippen LogP contribution is 2.37. The van der Waals surface area contributed by atoms with Gasteiger partial charge in [-0.05, 0) is 25.1 Å². The summed E-state index contributed by atoms with van der Waals surface area (Å²) in [6, 6.07) is 17.6. The fourth-order valence-electron chi connectivity index (χ4n) is 3.87. The van der Waals surface area contributed by atoms with Crippen LogP contribution in [0.3, 0.4) is 0 Å². The molecule has 1 N–H and O–H groups in total. The van der Waals surface area contributed by atoms with Gasteiger partial charge in [-0.15, -0.1) is 6.58 Å². The Kier molecular flexibility index (Phi) is 9.70. The van der Waals surface area contributed by atoms with Crippen molar-refractivity contribution in [1.82, 2.24) is 14.7 Å². The highest BCUT2D eigenvalue weighted by molar-refractivity contribution is 5.65. The Morgan fingerprint density at radius 1 is 1.12 bits per heavy atom. The van der Waals surface area contributed by atoms with Crippen molar-refractivity contribution in [2.45, 2.75) is 26.0 Å². The molecule has 3 rings (SSSR count). The van der Waals surface area contributed by atoms with Gasteiger partial charge in [0.2, 0.25) is 5.88 Å². The van der Waals surface area contributed by atoms with E-state index in [4.69, 9.17) is 19.3 Å². The lowest BCUT2D eigenvalue weighted by Gasteiger charge is -2.25. The van der Waals surface area contributed by atoms with Crippen LogP contribution in [0.1, 0.15) is 18.9 Å². The van der Waals surface area contributed by atoms with Gasteiger partial charge in [0.15, 0.2) is 11.5 Å². The SMILES string of the molecule is C=CCOC[C@@H](O)CN(CCC)Cc1c(-c2ccccc2)nn(C)c1Oc1ccccc1OC. The van der Waals surface area contributed by atoms with Crippen LogP contribution >= 0.6 is 0 Å². The third kappa shape index (κ3) is 6.70. The summed E-state index contributed by atoms with van der Waals surface area (Å²) in [5.74, 6) is 1.91. The second-order valence-corrected chi connectivity index (χ2v) is 8.09. The van der Waals surface area contributed by atoms with Crippen molar-refractivity contribution in [3.63, 3.8) is 0 Å². The van der Waals surface area contributed by atoms with Gasteiger partial charge in [0.05, 0.1) is 32.0 Å². The summed E-state index contributed by atoms with van der Waals surface area (Å²) >= 11 is 0. The Bertz CT molecular complexity index is 1040. The molecule has 0 radical (unpaired) electrons. The van der Waals surface area contributed by atoms with Gasteiger partial charge in [0, 0.05) is 25.7 Å². The van der Waals surface area contributed by atoms with Crippen LogP contribution < -0.4 is 9.47 Å². The second kappa shape index (κ2) is 12.9. The number of aromatic nitrogens is 2. The van der Waals surface area contributed by atoms with E-state index >= 15 is 0 Å². The number of rotatable bonds is 14. The molecule has 0 saturated heterocycles. The first-order valence-corrected chi connectivity index (χ1v) is 11.6. The van der Waals surface area contributed by atoms with E-state index in [-0.39, 0.29) is 6.61 Å². The van der Waals surface area contributed by atoms with E-state index < -0.39 is 6.10 Å². The Morgan fingerprint density at radius 3 is 2.50 bits per heavy atom. The minimum atomic E-state index is -0.609. The molecule has 34 heavy (non-hydrogen) atoms. The maximum absolute atomic E-state index is 10.5. The Morgan fingerprint density at radius 2 is 1.82 bits per heavy atom. The normalized spacial score (nSPS) is 12.0. The maximum atomic E-state index is 10.5. The predicted octanol–water partition coefficient (Wildman–Crippen LogP) is 4.66. The maximum Gasteiger partial charge on any atom is 0.222 e. The lowest BCUT2D eigenvalue weighted by atomic mass is 10.1. The highest BCUT2D eigenvalue weighted by atomic mass is 16.5. The van der Waals surface area contributed by atoms with Crippen LogP contribution in [0.15, 0.2) is 67.3 Å². The summed E-state index contributed by atoms with van der Waals surface area (Å²) in [5.41, 5.74) is 2.81. The number of hydrogen-bond donors (Lipinski definition) is 1. The third-order valence-corrected chi connectivity index (χ3v) is 5.35. The number of aliphatic hydroxyl groups excluding tert-OH is 1.